The van der Waals surface area contributed by atoms with Crippen molar-refractivity contribution in [2.24, 2.45) is 5.73 Å². The Morgan fingerprint density at radius 2 is 2.06 bits per heavy atom. The van der Waals surface area contributed by atoms with E-state index in [2.05, 4.69) is 0 Å². The summed E-state index contributed by atoms with van der Waals surface area (Å²) in [4.78, 5) is 0. The second kappa shape index (κ2) is 4.99. The molecule has 0 bridgehead atoms. The van der Waals surface area contributed by atoms with Crippen molar-refractivity contribution in [3.63, 3.8) is 0 Å². The van der Waals surface area contributed by atoms with E-state index < -0.39 is 12.2 Å². The van der Waals surface area contributed by atoms with Crippen molar-refractivity contribution in [2.75, 3.05) is 0 Å². The lowest BCUT2D eigenvalue weighted by Crippen LogP contribution is -2.37. The molecule has 0 spiro atoms. The van der Waals surface area contributed by atoms with Crippen molar-refractivity contribution in [3.05, 3.63) is 35.4 Å². The number of hydrogen-bond acceptors (Lipinski definition) is 2. The minimum atomic E-state index is -4.35. The molecule has 0 fully saturated rings. The second-order valence-electron chi connectivity index (χ2n) is 3.50. The van der Waals surface area contributed by atoms with Crippen LogP contribution in [0.1, 0.15) is 17.5 Å². The van der Waals surface area contributed by atoms with Gasteiger partial charge >= 0.3 is 6.18 Å². The molecular formula is C11H11F3N2. The zero-order valence-electron chi connectivity index (χ0n) is 8.46. The lowest BCUT2D eigenvalue weighted by molar-refractivity contribution is -0.148. The molecule has 0 aliphatic rings. The molecule has 0 aliphatic carbocycles. The van der Waals surface area contributed by atoms with Gasteiger partial charge in [-0.2, -0.15) is 18.4 Å². The first kappa shape index (κ1) is 12.5. The highest BCUT2D eigenvalue weighted by Gasteiger charge is 2.35. The predicted octanol–water partition coefficient (Wildman–Crippen LogP) is 2.38. The first-order chi connectivity index (χ1) is 7.43. The van der Waals surface area contributed by atoms with Gasteiger partial charge < -0.3 is 5.73 Å². The van der Waals surface area contributed by atoms with E-state index in [-0.39, 0.29) is 12.8 Å². The standard InChI is InChI=1S/C11H11F3N2/c12-11(13,14)10(16)5-4-8-2-1-3-9(6-8)7-15/h1-3,6,10H,4-5,16H2/t10-/m0/s1. The molecule has 0 aromatic heterocycles. The molecule has 0 saturated heterocycles. The summed E-state index contributed by atoms with van der Waals surface area (Å²) in [6, 6.07) is 6.63. The quantitative estimate of drug-likeness (QED) is 0.863. The van der Waals surface area contributed by atoms with E-state index in [1.165, 1.54) is 0 Å². The Bertz CT molecular complexity index is 393. The smallest absolute Gasteiger partial charge is 0.320 e. The fraction of sp³-hybridized carbons (Fsp3) is 0.364. The molecule has 2 nitrogen and oxygen atoms in total. The number of halogens is 3. The highest BCUT2D eigenvalue weighted by atomic mass is 19.4. The van der Waals surface area contributed by atoms with Crippen molar-refractivity contribution in [1.29, 1.82) is 5.26 Å². The zero-order chi connectivity index (χ0) is 12.2. The van der Waals surface area contributed by atoms with Crippen LogP contribution in [0.4, 0.5) is 13.2 Å². The zero-order valence-corrected chi connectivity index (χ0v) is 8.46. The van der Waals surface area contributed by atoms with E-state index in [0.29, 0.717) is 11.1 Å². The van der Waals surface area contributed by atoms with E-state index in [9.17, 15) is 13.2 Å². The Kier molecular flexibility index (Phi) is 3.91. The monoisotopic (exact) mass is 228 g/mol. The molecule has 1 rings (SSSR count). The van der Waals surface area contributed by atoms with Gasteiger partial charge in [0.15, 0.2) is 0 Å². The summed E-state index contributed by atoms with van der Waals surface area (Å²) in [6.07, 6.45) is -4.30. The van der Waals surface area contributed by atoms with E-state index in [0.717, 1.165) is 0 Å². The Balaban J connectivity index is 2.59. The van der Waals surface area contributed by atoms with Crippen molar-refractivity contribution < 1.29 is 13.2 Å². The van der Waals surface area contributed by atoms with Gasteiger partial charge in [-0.05, 0) is 30.5 Å². The van der Waals surface area contributed by atoms with Crippen molar-refractivity contribution in [1.82, 2.24) is 0 Å². The number of nitrogens with two attached hydrogens (primary N) is 1. The molecule has 0 radical (unpaired) electrons. The Morgan fingerprint density at radius 3 is 2.62 bits per heavy atom. The first-order valence-electron chi connectivity index (χ1n) is 4.75. The van der Waals surface area contributed by atoms with Crippen LogP contribution in [0.25, 0.3) is 0 Å². The van der Waals surface area contributed by atoms with Gasteiger partial charge in [0.2, 0.25) is 0 Å². The molecule has 0 saturated carbocycles. The molecule has 1 aromatic carbocycles. The summed E-state index contributed by atoms with van der Waals surface area (Å²) in [5, 5.41) is 8.61. The molecule has 0 heterocycles. The van der Waals surface area contributed by atoms with Crippen LogP contribution in [-0.4, -0.2) is 12.2 Å². The molecule has 5 heteroatoms. The fourth-order valence-corrected chi connectivity index (χ4v) is 1.28. The molecule has 0 unspecified atom stereocenters. The summed E-state index contributed by atoms with van der Waals surface area (Å²) < 4.78 is 36.4. The third-order valence-electron chi connectivity index (χ3n) is 2.22. The van der Waals surface area contributed by atoms with E-state index in [4.69, 9.17) is 11.0 Å². The summed E-state index contributed by atoms with van der Waals surface area (Å²) in [5.74, 6) is 0. The number of nitrogens with zero attached hydrogens (tertiary/aromatic N) is 1. The topological polar surface area (TPSA) is 49.8 Å². The van der Waals surface area contributed by atoms with Crippen molar-refractivity contribution >= 4 is 0 Å². The van der Waals surface area contributed by atoms with Gasteiger partial charge in [0.1, 0.15) is 6.04 Å². The van der Waals surface area contributed by atoms with Crippen molar-refractivity contribution in [3.8, 4) is 6.07 Å². The number of alkyl halides is 3. The van der Waals surface area contributed by atoms with Crippen LogP contribution in [0.3, 0.4) is 0 Å². The average Bonchev–Trinajstić information content (AvgIpc) is 2.25. The SMILES string of the molecule is N#Cc1cccc(CC[C@H](N)C(F)(F)F)c1. The fourth-order valence-electron chi connectivity index (χ4n) is 1.28. The largest absolute Gasteiger partial charge is 0.403 e. The lowest BCUT2D eigenvalue weighted by Gasteiger charge is -2.15. The Hall–Kier alpha value is -1.54. The lowest BCUT2D eigenvalue weighted by atomic mass is 10.0. The van der Waals surface area contributed by atoms with Crippen LogP contribution in [0.15, 0.2) is 24.3 Å². The summed E-state index contributed by atoms with van der Waals surface area (Å²) in [6.45, 7) is 0. The number of rotatable bonds is 3. The summed E-state index contributed by atoms with van der Waals surface area (Å²) >= 11 is 0. The third-order valence-corrected chi connectivity index (χ3v) is 2.22. The van der Waals surface area contributed by atoms with E-state index in [1.807, 2.05) is 6.07 Å². The van der Waals surface area contributed by atoms with Gasteiger partial charge in [0.25, 0.3) is 0 Å². The number of hydrogen-bond donors (Lipinski definition) is 1. The summed E-state index contributed by atoms with van der Waals surface area (Å²) in [7, 11) is 0. The highest BCUT2D eigenvalue weighted by molar-refractivity contribution is 5.32. The van der Waals surface area contributed by atoms with Crippen LogP contribution in [-0.2, 0) is 6.42 Å². The normalized spacial score (nSPS) is 13.2. The number of nitriles is 1. The number of benzene rings is 1. The molecule has 2 N–H and O–H groups in total. The van der Waals surface area contributed by atoms with Crippen molar-refractivity contribution in [2.45, 2.75) is 25.1 Å². The molecule has 1 atom stereocenters. The van der Waals surface area contributed by atoms with Gasteiger partial charge in [-0.15, -0.1) is 0 Å². The van der Waals surface area contributed by atoms with E-state index >= 15 is 0 Å². The maximum Gasteiger partial charge on any atom is 0.403 e. The minimum absolute atomic E-state index is 0.168. The molecule has 0 amide bonds. The Labute approximate surface area is 91.5 Å². The van der Waals surface area contributed by atoms with Crippen LogP contribution in [0.2, 0.25) is 0 Å². The number of aryl methyl sites for hydroxylation is 1. The first-order valence-corrected chi connectivity index (χ1v) is 4.75. The molecular weight excluding hydrogens is 217 g/mol. The average molecular weight is 228 g/mol. The predicted molar refractivity (Wildman–Crippen MR) is 53.5 cm³/mol. The summed E-state index contributed by atoms with van der Waals surface area (Å²) in [5.41, 5.74) is 6.12. The third kappa shape index (κ3) is 3.55. The van der Waals surface area contributed by atoms with Gasteiger partial charge in [0, 0.05) is 0 Å². The van der Waals surface area contributed by atoms with Gasteiger partial charge in [-0.1, -0.05) is 12.1 Å². The molecule has 86 valence electrons. The van der Waals surface area contributed by atoms with Crippen LogP contribution < -0.4 is 5.73 Å². The van der Waals surface area contributed by atoms with Crippen LogP contribution in [0.5, 0.6) is 0 Å². The van der Waals surface area contributed by atoms with Gasteiger partial charge in [-0.3, -0.25) is 0 Å². The maximum absolute atomic E-state index is 12.1. The Morgan fingerprint density at radius 1 is 1.38 bits per heavy atom. The maximum atomic E-state index is 12.1. The van der Waals surface area contributed by atoms with Gasteiger partial charge in [-0.25, -0.2) is 0 Å². The minimum Gasteiger partial charge on any atom is -0.320 e. The van der Waals surface area contributed by atoms with E-state index in [1.54, 1.807) is 24.3 Å². The highest BCUT2D eigenvalue weighted by Crippen LogP contribution is 2.22. The van der Waals surface area contributed by atoms with Crippen LogP contribution in [0, 0.1) is 11.3 Å². The molecule has 1 aromatic rings. The molecule has 16 heavy (non-hydrogen) atoms. The second-order valence-corrected chi connectivity index (χ2v) is 3.50. The van der Waals surface area contributed by atoms with Crippen LogP contribution >= 0.6 is 0 Å². The molecule has 0 aliphatic heterocycles. The van der Waals surface area contributed by atoms with Gasteiger partial charge in [0.05, 0.1) is 11.6 Å².